The number of hydrogen-bond donors (Lipinski definition) is 0. The summed E-state index contributed by atoms with van der Waals surface area (Å²) >= 11 is 0. The van der Waals surface area contributed by atoms with Gasteiger partial charge in [-0.25, -0.2) is 0 Å². The molecule has 0 N–H and O–H groups in total. The number of carbonyl (C=O) groups is 1. The SMILES string of the molecule is C=CN(C/C=C/C1CCC(C)=CC1C)C(=O)C1CC1. The molecule has 1 amide bonds. The summed E-state index contributed by atoms with van der Waals surface area (Å²) in [5, 5.41) is 0. The number of carbonyl (C=O) groups excluding carboxylic acids is 1. The molecule has 2 unspecified atom stereocenters. The molecule has 0 bridgehead atoms. The van der Waals surface area contributed by atoms with Crippen LogP contribution in [0.4, 0.5) is 0 Å². The maximum atomic E-state index is 11.9. The molecule has 0 aromatic rings. The van der Waals surface area contributed by atoms with E-state index in [4.69, 9.17) is 0 Å². The van der Waals surface area contributed by atoms with Gasteiger partial charge in [-0.2, -0.15) is 0 Å². The average molecular weight is 259 g/mol. The molecule has 2 aliphatic rings. The Labute approximate surface area is 116 Å². The van der Waals surface area contributed by atoms with Crippen LogP contribution in [0.2, 0.25) is 0 Å². The van der Waals surface area contributed by atoms with Crippen LogP contribution < -0.4 is 0 Å². The van der Waals surface area contributed by atoms with Gasteiger partial charge in [0.2, 0.25) is 5.91 Å². The van der Waals surface area contributed by atoms with Crippen molar-refractivity contribution in [2.45, 2.75) is 39.5 Å². The van der Waals surface area contributed by atoms with Gasteiger partial charge in [0.1, 0.15) is 0 Å². The Balaban J connectivity index is 1.85. The first kappa shape index (κ1) is 14.1. The molecule has 0 aromatic heterocycles. The molecule has 0 heterocycles. The molecule has 2 atom stereocenters. The fourth-order valence-corrected chi connectivity index (χ4v) is 2.75. The van der Waals surface area contributed by atoms with Gasteiger partial charge in [0.25, 0.3) is 0 Å². The highest BCUT2D eigenvalue weighted by atomic mass is 16.2. The van der Waals surface area contributed by atoms with Crippen molar-refractivity contribution in [3.63, 3.8) is 0 Å². The smallest absolute Gasteiger partial charge is 0.229 e. The molecule has 104 valence electrons. The predicted molar refractivity (Wildman–Crippen MR) is 79.4 cm³/mol. The number of nitrogens with zero attached hydrogens (tertiary/aromatic N) is 1. The van der Waals surface area contributed by atoms with E-state index in [1.165, 1.54) is 18.4 Å². The number of allylic oxidation sites excluding steroid dienone is 3. The summed E-state index contributed by atoms with van der Waals surface area (Å²) in [5.41, 5.74) is 1.51. The largest absolute Gasteiger partial charge is 0.316 e. The van der Waals surface area contributed by atoms with E-state index in [2.05, 4.69) is 38.7 Å². The third-order valence-electron chi connectivity index (χ3n) is 4.21. The Morgan fingerprint density at radius 1 is 1.47 bits per heavy atom. The van der Waals surface area contributed by atoms with Crippen molar-refractivity contribution in [2.24, 2.45) is 17.8 Å². The molecule has 0 aliphatic heterocycles. The highest BCUT2D eigenvalue weighted by molar-refractivity contribution is 5.82. The first-order chi connectivity index (χ1) is 9.11. The van der Waals surface area contributed by atoms with Crippen LogP contribution in [0, 0.1) is 17.8 Å². The zero-order valence-electron chi connectivity index (χ0n) is 12.1. The minimum absolute atomic E-state index is 0.243. The Hall–Kier alpha value is -1.31. The number of hydrogen-bond acceptors (Lipinski definition) is 1. The van der Waals surface area contributed by atoms with Crippen LogP contribution in [0.15, 0.2) is 36.6 Å². The lowest BCUT2D eigenvalue weighted by molar-refractivity contribution is -0.129. The van der Waals surface area contributed by atoms with E-state index < -0.39 is 0 Å². The highest BCUT2D eigenvalue weighted by Crippen LogP contribution is 2.31. The van der Waals surface area contributed by atoms with E-state index in [0.717, 1.165) is 12.8 Å². The first-order valence-corrected chi connectivity index (χ1v) is 7.38. The molecule has 1 saturated carbocycles. The van der Waals surface area contributed by atoms with Crippen LogP contribution in [0.5, 0.6) is 0 Å². The van der Waals surface area contributed by atoms with E-state index in [9.17, 15) is 4.79 Å². The summed E-state index contributed by atoms with van der Waals surface area (Å²) < 4.78 is 0. The van der Waals surface area contributed by atoms with Crippen molar-refractivity contribution in [1.82, 2.24) is 4.90 Å². The molecule has 0 saturated heterocycles. The second-order valence-corrected chi connectivity index (χ2v) is 5.95. The Bertz CT molecular complexity index is 403. The topological polar surface area (TPSA) is 20.3 Å². The zero-order valence-corrected chi connectivity index (χ0v) is 12.1. The van der Waals surface area contributed by atoms with E-state index in [1.54, 1.807) is 11.1 Å². The Kier molecular flexibility index (Phi) is 4.62. The van der Waals surface area contributed by atoms with Gasteiger partial charge in [-0.05, 0) is 50.6 Å². The standard InChI is InChI=1S/C17H25NO/c1-4-18(17(19)16-9-10-16)11-5-6-15-8-7-13(2)12-14(15)3/h4-6,12,14-16H,1,7-11H2,2-3H3/b6-5+. The van der Waals surface area contributed by atoms with E-state index in [1.807, 2.05) is 0 Å². The van der Waals surface area contributed by atoms with Crippen molar-refractivity contribution < 1.29 is 4.79 Å². The van der Waals surface area contributed by atoms with Gasteiger partial charge in [-0.3, -0.25) is 4.79 Å². The molecule has 19 heavy (non-hydrogen) atoms. The van der Waals surface area contributed by atoms with Gasteiger partial charge in [0.15, 0.2) is 0 Å². The highest BCUT2D eigenvalue weighted by Gasteiger charge is 2.32. The summed E-state index contributed by atoms with van der Waals surface area (Å²) in [6.07, 6.45) is 13.0. The average Bonchev–Trinajstić information content (AvgIpc) is 3.20. The molecule has 0 radical (unpaired) electrons. The molecule has 0 spiro atoms. The van der Waals surface area contributed by atoms with Crippen LogP contribution >= 0.6 is 0 Å². The quantitative estimate of drug-likeness (QED) is 0.685. The summed E-state index contributed by atoms with van der Waals surface area (Å²) in [6.45, 7) is 8.90. The fraction of sp³-hybridized carbons (Fsp3) is 0.588. The van der Waals surface area contributed by atoms with E-state index in [-0.39, 0.29) is 11.8 Å². The monoisotopic (exact) mass is 259 g/mol. The van der Waals surface area contributed by atoms with Crippen molar-refractivity contribution >= 4 is 5.91 Å². The first-order valence-electron chi connectivity index (χ1n) is 7.38. The van der Waals surface area contributed by atoms with Crippen LogP contribution in [0.25, 0.3) is 0 Å². The predicted octanol–water partition coefficient (Wildman–Crippen LogP) is 3.92. The van der Waals surface area contributed by atoms with Gasteiger partial charge in [0, 0.05) is 12.5 Å². The van der Waals surface area contributed by atoms with Crippen LogP contribution in [0.1, 0.15) is 39.5 Å². The summed E-state index contributed by atoms with van der Waals surface area (Å²) in [5.74, 6) is 1.74. The van der Waals surface area contributed by atoms with Crippen molar-refractivity contribution in [3.8, 4) is 0 Å². The molecular weight excluding hydrogens is 234 g/mol. The molecule has 2 aliphatic carbocycles. The second-order valence-electron chi connectivity index (χ2n) is 5.95. The fourth-order valence-electron chi connectivity index (χ4n) is 2.75. The normalized spacial score (nSPS) is 27.2. The zero-order chi connectivity index (χ0) is 13.8. The maximum Gasteiger partial charge on any atom is 0.229 e. The minimum atomic E-state index is 0.243. The van der Waals surface area contributed by atoms with E-state index in [0.29, 0.717) is 18.4 Å². The third-order valence-corrected chi connectivity index (χ3v) is 4.21. The van der Waals surface area contributed by atoms with Gasteiger partial charge >= 0.3 is 0 Å². The van der Waals surface area contributed by atoms with Crippen molar-refractivity contribution in [2.75, 3.05) is 6.54 Å². The van der Waals surface area contributed by atoms with Crippen LogP contribution in [-0.4, -0.2) is 17.4 Å². The van der Waals surface area contributed by atoms with Gasteiger partial charge in [-0.15, -0.1) is 0 Å². The molecule has 2 nitrogen and oxygen atoms in total. The summed E-state index contributed by atoms with van der Waals surface area (Å²) in [6, 6.07) is 0. The molecule has 2 rings (SSSR count). The van der Waals surface area contributed by atoms with Gasteiger partial charge in [-0.1, -0.05) is 37.3 Å². The number of rotatable bonds is 5. The van der Waals surface area contributed by atoms with Gasteiger partial charge < -0.3 is 4.90 Å². The maximum absolute atomic E-state index is 11.9. The molecule has 1 fully saturated rings. The Morgan fingerprint density at radius 3 is 2.79 bits per heavy atom. The minimum Gasteiger partial charge on any atom is -0.316 e. The van der Waals surface area contributed by atoms with Gasteiger partial charge in [0.05, 0.1) is 0 Å². The van der Waals surface area contributed by atoms with Crippen molar-refractivity contribution in [1.29, 1.82) is 0 Å². The third kappa shape index (κ3) is 3.82. The van der Waals surface area contributed by atoms with Crippen molar-refractivity contribution in [3.05, 3.63) is 36.6 Å². The van der Waals surface area contributed by atoms with Crippen LogP contribution in [0.3, 0.4) is 0 Å². The second kappa shape index (κ2) is 6.23. The summed E-state index contributed by atoms with van der Waals surface area (Å²) in [4.78, 5) is 13.7. The lowest BCUT2D eigenvalue weighted by Crippen LogP contribution is -2.27. The lowest BCUT2D eigenvalue weighted by Gasteiger charge is -2.24. The lowest BCUT2D eigenvalue weighted by atomic mass is 9.82. The molecule has 0 aromatic carbocycles. The Morgan fingerprint density at radius 2 is 2.21 bits per heavy atom. The summed E-state index contributed by atoms with van der Waals surface area (Å²) in [7, 11) is 0. The molecular formula is C17H25NO. The van der Waals surface area contributed by atoms with E-state index >= 15 is 0 Å². The molecule has 2 heteroatoms. The van der Waals surface area contributed by atoms with Crippen LogP contribution in [-0.2, 0) is 4.79 Å². The number of amides is 1.